The van der Waals surface area contributed by atoms with Crippen molar-refractivity contribution < 1.29 is 14.4 Å². The van der Waals surface area contributed by atoms with Gasteiger partial charge in [0, 0.05) is 24.4 Å². The molecule has 1 saturated heterocycles. The number of aromatic nitrogens is 2. The summed E-state index contributed by atoms with van der Waals surface area (Å²) in [4.78, 5) is 50.2. The molecule has 7 nitrogen and oxygen atoms in total. The summed E-state index contributed by atoms with van der Waals surface area (Å²) in [6, 6.07) is 9.40. The van der Waals surface area contributed by atoms with Gasteiger partial charge in [-0.05, 0) is 55.7 Å². The Balaban J connectivity index is 1.25. The number of imide groups is 1. The van der Waals surface area contributed by atoms with Gasteiger partial charge in [0.1, 0.15) is 10.7 Å². The zero-order valence-corrected chi connectivity index (χ0v) is 19.9. The number of thiophene rings is 1. The van der Waals surface area contributed by atoms with Crippen LogP contribution in [0.4, 0.5) is 4.79 Å². The summed E-state index contributed by atoms with van der Waals surface area (Å²) in [6.45, 7) is 4.17. The molecule has 0 unspecified atom stereocenters. The molecule has 33 heavy (non-hydrogen) atoms. The highest BCUT2D eigenvalue weighted by Gasteiger charge is 2.35. The second-order valence-electron chi connectivity index (χ2n) is 8.18. The van der Waals surface area contributed by atoms with Crippen molar-refractivity contribution in [1.82, 2.24) is 20.2 Å². The number of fused-ring (bicyclic) bond motifs is 1. The van der Waals surface area contributed by atoms with Crippen LogP contribution >= 0.6 is 23.1 Å². The molecule has 1 aliphatic carbocycles. The fourth-order valence-electron chi connectivity index (χ4n) is 3.86. The summed E-state index contributed by atoms with van der Waals surface area (Å²) >= 11 is 2.29. The van der Waals surface area contributed by atoms with Crippen molar-refractivity contribution in [3.63, 3.8) is 0 Å². The average molecular weight is 479 g/mol. The van der Waals surface area contributed by atoms with Crippen LogP contribution in [-0.2, 0) is 4.79 Å². The minimum absolute atomic E-state index is 0.122. The van der Waals surface area contributed by atoms with E-state index in [1.54, 1.807) is 6.08 Å². The van der Waals surface area contributed by atoms with E-state index in [2.05, 4.69) is 15.3 Å². The number of nitrogens with zero attached hydrogens (tertiary/aromatic N) is 3. The first-order valence-corrected chi connectivity index (χ1v) is 12.4. The third-order valence-electron chi connectivity index (χ3n) is 5.73. The maximum Gasteiger partial charge on any atom is 0.293 e. The van der Waals surface area contributed by atoms with Crippen LogP contribution in [0, 0.1) is 13.8 Å². The molecule has 3 heterocycles. The third-order valence-corrected chi connectivity index (χ3v) is 7.82. The summed E-state index contributed by atoms with van der Waals surface area (Å²) < 4.78 is 0. The smallest absolute Gasteiger partial charge is 0.293 e. The van der Waals surface area contributed by atoms with Gasteiger partial charge in [0.15, 0.2) is 0 Å². The molecule has 1 aromatic carbocycles. The van der Waals surface area contributed by atoms with Crippen molar-refractivity contribution in [2.24, 2.45) is 0 Å². The fourth-order valence-corrected chi connectivity index (χ4v) is 5.88. The second kappa shape index (κ2) is 8.72. The van der Waals surface area contributed by atoms with E-state index in [4.69, 9.17) is 0 Å². The Kier molecular flexibility index (Phi) is 5.76. The fraction of sp³-hybridized carbons (Fsp3) is 0.292. The standard InChI is InChI=1S/C24H22N4O3S2/c1-13-18-14(2)26-20(16-8-9-16)27-22(18)33-19(13)21(29)25-10-11-28-23(30)17(32-24(28)31)12-15-6-4-3-5-7-15/h3-7,12,16H,8-11H2,1-2H3,(H,25,29)/b17-12-. The van der Waals surface area contributed by atoms with Gasteiger partial charge in [0.05, 0.1) is 15.5 Å². The van der Waals surface area contributed by atoms with E-state index >= 15 is 0 Å². The van der Waals surface area contributed by atoms with Gasteiger partial charge in [-0.15, -0.1) is 11.3 Å². The number of rotatable bonds is 6. The van der Waals surface area contributed by atoms with Crippen LogP contribution < -0.4 is 5.32 Å². The third kappa shape index (κ3) is 4.30. The van der Waals surface area contributed by atoms with Gasteiger partial charge >= 0.3 is 0 Å². The summed E-state index contributed by atoms with van der Waals surface area (Å²) in [5, 5.41) is 3.46. The molecule has 168 valence electrons. The highest BCUT2D eigenvalue weighted by atomic mass is 32.2. The minimum Gasteiger partial charge on any atom is -0.350 e. The van der Waals surface area contributed by atoms with Crippen molar-refractivity contribution >= 4 is 56.4 Å². The second-order valence-corrected chi connectivity index (χ2v) is 10.2. The largest absolute Gasteiger partial charge is 0.350 e. The first-order chi connectivity index (χ1) is 15.9. The van der Waals surface area contributed by atoms with E-state index in [1.807, 2.05) is 44.2 Å². The number of thioether (sulfide) groups is 1. The lowest BCUT2D eigenvalue weighted by Gasteiger charge is -2.12. The SMILES string of the molecule is Cc1nc(C2CC2)nc2sc(C(=O)NCCN3C(=O)S/C(=C\c4ccccc4)C3=O)c(C)c12. The monoisotopic (exact) mass is 478 g/mol. The van der Waals surface area contributed by atoms with Gasteiger partial charge in [-0.25, -0.2) is 9.97 Å². The molecule has 1 N–H and O–H groups in total. The number of carbonyl (C=O) groups is 3. The summed E-state index contributed by atoms with van der Waals surface area (Å²) in [5.74, 6) is 0.757. The highest BCUT2D eigenvalue weighted by Crippen LogP contribution is 2.40. The number of benzene rings is 1. The molecule has 0 bridgehead atoms. The van der Waals surface area contributed by atoms with Crippen molar-refractivity contribution in [3.8, 4) is 0 Å². The van der Waals surface area contributed by atoms with Gasteiger partial charge in [-0.1, -0.05) is 30.3 Å². The molecule has 3 amide bonds. The molecular weight excluding hydrogens is 456 g/mol. The lowest BCUT2D eigenvalue weighted by atomic mass is 10.1. The molecule has 9 heteroatoms. The predicted molar refractivity (Wildman–Crippen MR) is 130 cm³/mol. The lowest BCUT2D eigenvalue weighted by molar-refractivity contribution is -0.122. The molecule has 5 rings (SSSR count). The van der Waals surface area contributed by atoms with E-state index < -0.39 is 0 Å². The number of carbonyl (C=O) groups excluding carboxylic acids is 3. The number of hydrogen-bond acceptors (Lipinski definition) is 7. The first-order valence-electron chi connectivity index (χ1n) is 10.8. The summed E-state index contributed by atoms with van der Waals surface area (Å²) in [7, 11) is 0. The normalized spacial score (nSPS) is 17.4. The molecule has 0 radical (unpaired) electrons. The zero-order valence-electron chi connectivity index (χ0n) is 18.3. The van der Waals surface area contributed by atoms with Crippen molar-refractivity contribution in [1.29, 1.82) is 0 Å². The Morgan fingerprint density at radius 1 is 1.18 bits per heavy atom. The van der Waals surface area contributed by atoms with Gasteiger partial charge in [-0.3, -0.25) is 19.3 Å². The number of aryl methyl sites for hydroxylation is 2. The Morgan fingerprint density at radius 2 is 1.94 bits per heavy atom. The van der Waals surface area contributed by atoms with Crippen LogP contribution in [0.5, 0.6) is 0 Å². The molecule has 1 saturated carbocycles. The zero-order chi connectivity index (χ0) is 23.1. The maximum absolute atomic E-state index is 12.9. The first kappa shape index (κ1) is 21.8. The van der Waals surface area contributed by atoms with E-state index in [-0.39, 0.29) is 30.1 Å². The van der Waals surface area contributed by atoms with Crippen LogP contribution in [0.2, 0.25) is 0 Å². The van der Waals surface area contributed by atoms with Crippen molar-refractivity contribution in [2.45, 2.75) is 32.6 Å². The number of amides is 3. The Morgan fingerprint density at radius 3 is 2.67 bits per heavy atom. The van der Waals surface area contributed by atoms with E-state index in [1.165, 1.54) is 16.2 Å². The molecule has 2 fully saturated rings. The van der Waals surface area contributed by atoms with Crippen molar-refractivity contribution in [2.75, 3.05) is 13.1 Å². The highest BCUT2D eigenvalue weighted by molar-refractivity contribution is 8.18. The van der Waals surface area contributed by atoms with Crippen molar-refractivity contribution in [3.05, 3.63) is 62.8 Å². The van der Waals surface area contributed by atoms with Gasteiger partial charge in [-0.2, -0.15) is 0 Å². The summed E-state index contributed by atoms with van der Waals surface area (Å²) in [5.41, 5.74) is 2.63. The van der Waals surface area contributed by atoms with Gasteiger partial charge in [0.25, 0.3) is 17.1 Å². The number of hydrogen-bond donors (Lipinski definition) is 1. The lowest BCUT2D eigenvalue weighted by Crippen LogP contribution is -2.37. The molecule has 2 aliphatic rings. The summed E-state index contributed by atoms with van der Waals surface area (Å²) in [6.07, 6.45) is 3.96. The average Bonchev–Trinajstić information content (AvgIpc) is 3.54. The van der Waals surface area contributed by atoms with Gasteiger partial charge in [0.2, 0.25) is 0 Å². The molecule has 1 aliphatic heterocycles. The van der Waals surface area contributed by atoms with Crippen LogP contribution in [0.25, 0.3) is 16.3 Å². The molecule has 2 aromatic heterocycles. The quantitative estimate of drug-likeness (QED) is 0.519. The van der Waals surface area contributed by atoms with Crippen LogP contribution in [-0.4, -0.2) is 45.0 Å². The van der Waals surface area contributed by atoms with Gasteiger partial charge < -0.3 is 5.32 Å². The topological polar surface area (TPSA) is 92.3 Å². The maximum atomic E-state index is 12.9. The van der Waals surface area contributed by atoms with E-state index in [0.29, 0.717) is 15.7 Å². The van der Waals surface area contributed by atoms with Crippen LogP contribution in [0.15, 0.2) is 35.2 Å². The number of nitrogens with one attached hydrogen (secondary N) is 1. The molecule has 3 aromatic rings. The Hall–Kier alpha value is -3.04. The molecular formula is C24H22N4O3S2. The Bertz CT molecular complexity index is 1310. The van der Waals surface area contributed by atoms with Crippen LogP contribution in [0.1, 0.15) is 51.1 Å². The predicted octanol–water partition coefficient (Wildman–Crippen LogP) is 4.65. The van der Waals surface area contributed by atoms with Crippen LogP contribution in [0.3, 0.4) is 0 Å². The molecule has 0 atom stereocenters. The Labute approximate surface area is 199 Å². The molecule has 0 spiro atoms. The van der Waals surface area contributed by atoms with E-state index in [0.717, 1.165) is 57.5 Å². The minimum atomic E-state index is -0.334. The van der Waals surface area contributed by atoms with E-state index in [9.17, 15) is 14.4 Å².